The number of hydrogen-bond acceptors (Lipinski definition) is 4. The van der Waals surface area contributed by atoms with Crippen LogP contribution in [0.2, 0.25) is 0 Å². The van der Waals surface area contributed by atoms with E-state index in [9.17, 15) is 4.79 Å². The maximum atomic E-state index is 11.8. The average molecular weight is 277 g/mol. The first-order chi connectivity index (χ1) is 9.67. The van der Waals surface area contributed by atoms with Gasteiger partial charge in [-0.15, -0.1) is 0 Å². The van der Waals surface area contributed by atoms with Gasteiger partial charge in [-0.05, 0) is 56.1 Å². The first-order valence-corrected chi connectivity index (χ1v) is 7.16. The molecule has 1 saturated heterocycles. The van der Waals surface area contributed by atoms with Crippen LogP contribution in [0.1, 0.15) is 19.3 Å². The van der Waals surface area contributed by atoms with Crippen molar-refractivity contribution in [3.8, 4) is 0 Å². The van der Waals surface area contributed by atoms with Gasteiger partial charge in [-0.2, -0.15) is 0 Å². The van der Waals surface area contributed by atoms with Crippen molar-refractivity contribution >= 4 is 17.3 Å². The molecular weight excluding hydrogens is 254 g/mol. The molecule has 1 heterocycles. The molecule has 0 radical (unpaired) electrons. The summed E-state index contributed by atoms with van der Waals surface area (Å²) in [5.74, 6) is 0.450. The Kier molecular flexibility index (Phi) is 5.38. The molecule has 0 spiro atoms. The van der Waals surface area contributed by atoms with Crippen molar-refractivity contribution in [1.82, 2.24) is 4.90 Å². The van der Waals surface area contributed by atoms with E-state index in [0.29, 0.717) is 18.0 Å². The van der Waals surface area contributed by atoms with Crippen LogP contribution in [0.5, 0.6) is 0 Å². The average Bonchev–Trinajstić information content (AvgIpc) is 2.89. The van der Waals surface area contributed by atoms with Crippen LogP contribution in [0.15, 0.2) is 24.3 Å². The summed E-state index contributed by atoms with van der Waals surface area (Å²) >= 11 is 0. The van der Waals surface area contributed by atoms with Gasteiger partial charge in [0.15, 0.2) is 0 Å². The van der Waals surface area contributed by atoms with Crippen LogP contribution < -0.4 is 11.1 Å². The van der Waals surface area contributed by atoms with Crippen molar-refractivity contribution in [1.29, 1.82) is 0 Å². The van der Waals surface area contributed by atoms with Crippen molar-refractivity contribution in [2.24, 2.45) is 5.92 Å². The highest BCUT2D eigenvalue weighted by atomic mass is 16.3. The number of anilines is 2. The number of nitrogen functional groups attached to an aromatic ring is 1. The number of likely N-dealkylation sites (tertiary alicyclic amines) is 1. The number of benzene rings is 1. The van der Waals surface area contributed by atoms with Gasteiger partial charge in [-0.25, -0.2) is 0 Å². The van der Waals surface area contributed by atoms with Gasteiger partial charge in [0.25, 0.3) is 0 Å². The summed E-state index contributed by atoms with van der Waals surface area (Å²) in [6, 6.07) is 7.16. The molecule has 5 nitrogen and oxygen atoms in total. The monoisotopic (exact) mass is 277 g/mol. The molecule has 1 atom stereocenters. The molecule has 1 aliphatic heterocycles. The first-order valence-electron chi connectivity index (χ1n) is 7.16. The molecule has 0 aliphatic carbocycles. The Morgan fingerprint density at radius 1 is 1.40 bits per heavy atom. The van der Waals surface area contributed by atoms with E-state index in [-0.39, 0.29) is 12.5 Å². The second-order valence-corrected chi connectivity index (χ2v) is 5.41. The lowest BCUT2D eigenvalue weighted by atomic mass is 10.1. The highest BCUT2D eigenvalue weighted by molar-refractivity contribution is 5.90. The Morgan fingerprint density at radius 3 is 2.80 bits per heavy atom. The van der Waals surface area contributed by atoms with Crippen molar-refractivity contribution in [2.45, 2.75) is 19.3 Å². The Bertz CT molecular complexity index is 433. The topological polar surface area (TPSA) is 78.6 Å². The third kappa shape index (κ3) is 4.51. The summed E-state index contributed by atoms with van der Waals surface area (Å²) < 4.78 is 0. The second-order valence-electron chi connectivity index (χ2n) is 5.41. The van der Waals surface area contributed by atoms with E-state index in [0.717, 1.165) is 38.2 Å². The van der Waals surface area contributed by atoms with Crippen LogP contribution in [0, 0.1) is 5.92 Å². The number of hydrogen-bond donors (Lipinski definition) is 3. The summed E-state index contributed by atoms with van der Waals surface area (Å²) in [5, 5.41) is 11.9. The molecule has 1 fully saturated rings. The zero-order valence-electron chi connectivity index (χ0n) is 11.7. The Hall–Kier alpha value is -1.59. The molecule has 1 unspecified atom stereocenters. The summed E-state index contributed by atoms with van der Waals surface area (Å²) in [4.78, 5) is 14.1. The predicted molar refractivity (Wildman–Crippen MR) is 80.4 cm³/mol. The number of aliphatic hydroxyl groups is 1. The summed E-state index contributed by atoms with van der Waals surface area (Å²) in [6.07, 6.45) is 2.43. The van der Waals surface area contributed by atoms with E-state index >= 15 is 0 Å². The fourth-order valence-electron chi connectivity index (χ4n) is 2.52. The molecular formula is C15H23N3O2. The van der Waals surface area contributed by atoms with Crippen molar-refractivity contribution in [2.75, 3.05) is 37.3 Å². The van der Waals surface area contributed by atoms with Gasteiger partial charge in [0, 0.05) is 30.9 Å². The van der Waals surface area contributed by atoms with E-state index < -0.39 is 0 Å². The Labute approximate surface area is 119 Å². The molecule has 4 N–H and O–H groups in total. The lowest BCUT2D eigenvalue weighted by molar-refractivity contribution is -0.116. The number of carbonyl (C=O) groups is 1. The molecule has 1 aromatic carbocycles. The molecule has 110 valence electrons. The van der Waals surface area contributed by atoms with Crippen LogP contribution in [-0.2, 0) is 4.79 Å². The molecule has 1 amide bonds. The second kappa shape index (κ2) is 7.26. The zero-order valence-corrected chi connectivity index (χ0v) is 11.7. The number of carbonyl (C=O) groups excluding carboxylic acids is 1. The van der Waals surface area contributed by atoms with Gasteiger partial charge < -0.3 is 21.1 Å². The minimum Gasteiger partial charge on any atom is -0.399 e. The Morgan fingerprint density at radius 2 is 2.15 bits per heavy atom. The molecule has 1 aromatic rings. The number of nitrogens with two attached hydrogens (primary N) is 1. The third-order valence-corrected chi connectivity index (χ3v) is 3.70. The highest BCUT2D eigenvalue weighted by Gasteiger charge is 2.21. The van der Waals surface area contributed by atoms with Crippen molar-refractivity contribution in [3.05, 3.63) is 24.3 Å². The SMILES string of the molecule is Nc1ccc(NC(=O)CCCN2CCC(CO)C2)cc1. The zero-order chi connectivity index (χ0) is 14.4. The third-order valence-electron chi connectivity index (χ3n) is 3.70. The normalized spacial score (nSPS) is 19.1. The van der Waals surface area contributed by atoms with E-state index in [1.807, 2.05) is 0 Å². The van der Waals surface area contributed by atoms with Crippen LogP contribution in [0.25, 0.3) is 0 Å². The number of amides is 1. The van der Waals surface area contributed by atoms with Crippen LogP contribution in [-0.4, -0.2) is 42.2 Å². The molecule has 0 aromatic heterocycles. The fourth-order valence-corrected chi connectivity index (χ4v) is 2.52. The van der Waals surface area contributed by atoms with E-state index in [4.69, 9.17) is 10.8 Å². The van der Waals surface area contributed by atoms with Gasteiger partial charge in [0.2, 0.25) is 5.91 Å². The van der Waals surface area contributed by atoms with E-state index in [1.165, 1.54) is 0 Å². The minimum absolute atomic E-state index is 0.0349. The van der Waals surface area contributed by atoms with Crippen molar-refractivity contribution < 1.29 is 9.90 Å². The van der Waals surface area contributed by atoms with E-state index in [1.54, 1.807) is 24.3 Å². The molecule has 5 heteroatoms. The lowest BCUT2D eigenvalue weighted by Crippen LogP contribution is -2.24. The van der Waals surface area contributed by atoms with Gasteiger partial charge in [-0.1, -0.05) is 0 Å². The first kappa shape index (κ1) is 14.8. The predicted octanol–water partition coefficient (Wildman–Crippen LogP) is 1.30. The van der Waals surface area contributed by atoms with E-state index in [2.05, 4.69) is 10.2 Å². The summed E-state index contributed by atoms with van der Waals surface area (Å²) in [5.41, 5.74) is 7.07. The highest BCUT2D eigenvalue weighted by Crippen LogP contribution is 2.16. The van der Waals surface area contributed by atoms with Gasteiger partial charge in [0.05, 0.1) is 0 Å². The molecule has 20 heavy (non-hydrogen) atoms. The standard InChI is InChI=1S/C15H23N3O2/c16-13-3-5-14(6-4-13)17-15(20)2-1-8-18-9-7-12(10-18)11-19/h3-6,12,19H,1-2,7-11,16H2,(H,17,20). The van der Waals surface area contributed by atoms with Crippen molar-refractivity contribution in [3.63, 3.8) is 0 Å². The molecule has 1 aliphatic rings. The summed E-state index contributed by atoms with van der Waals surface area (Å²) in [7, 11) is 0. The smallest absolute Gasteiger partial charge is 0.224 e. The van der Waals surface area contributed by atoms with Crippen LogP contribution in [0.4, 0.5) is 11.4 Å². The molecule has 0 saturated carbocycles. The van der Waals surface area contributed by atoms with Crippen LogP contribution >= 0.6 is 0 Å². The molecule has 0 bridgehead atoms. The largest absolute Gasteiger partial charge is 0.399 e. The number of aliphatic hydroxyl groups excluding tert-OH is 1. The quantitative estimate of drug-likeness (QED) is 0.685. The van der Waals surface area contributed by atoms with Gasteiger partial charge in [0.1, 0.15) is 0 Å². The maximum absolute atomic E-state index is 11.8. The minimum atomic E-state index is 0.0349. The number of nitrogens with one attached hydrogen (secondary N) is 1. The van der Waals surface area contributed by atoms with Gasteiger partial charge in [-0.3, -0.25) is 4.79 Å². The fraction of sp³-hybridized carbons (Fsp3) is 0.533. The number of rotatable bonds is 6. The lowest BCUT2D eigenvalue weighted by Gasteiger charge is -2.15. The summed E-state index contributed by atoms with van der Waals surface area (Å²) in [6.45, 7) is 3.18. The maximum Gasteiger partial charge on any atom is 0.224 e. The number of nitrogens with zero attached hydrogens (tertiary/aromatic N) is 1. The van der Waals surface area contributed by atoms with Gasteiger partial charge >= 0.3 is 0 Å². The van der Waals surface area contributed by atoms with Crippen LogP contribution in [0.3, 0.4) is 0 Å². The Balaban J connectivity index is 1.64. The molecule has 2 rings (SSSR count).